The van der Waals surface area contributed by atoms with Gasteiger partial charge in [0.15, 0.2) is 9.84 Å². The van der Waals surface area contributed by atoms with E-state index in [0.717, 1.165) is 36.2 Å². The van der Waals surface area contributed by atoms with E-state index in [4.69, 9.17) is 4.52 Å². The summed E-state index contributed by atoms with van der Waals surface area (Å²) in [5.41, 5.74) is 1.73. The van der Waals surface area contributed by atoms with Gasteiger partial charge in [0.2, 0.25) is 11.6 Å². The van der Waals surface area contributed by atoms with Crippen molar-refractivity contribution in [3.05, 3.63) is 54.0 Å². The average molecular weight is 494 g/mol. The zero-order valence-corrected chi connectivity index (χ0v) is 20.7. The van der Waals surface area contributed by atoms with Gasteiger partial charge in [0, 0.05) is 31.1 Å². The van der Waals surface area contributed by atoms with Gasteiger partial charge >= 0.3 is 0 Å². The van der Waals surface area contributed by atoms with Gasteiger partial charge < -0.3 is 9.42 Å². The number of piperidine rings is 1. The molecule has 1 fully saturated rings. The first kappa shape index (κ1) is 23.2. The Bertz CT molecular complexity index is 1440. The molecule has 0 radical (unpaired) electrons. The highest BCUT2D eigenvalue weighted by Crippen LogP contribution is 2.24. The van der Waals surface area contributed by atoms with Crippen LogP contribution in [-0.2, 0) is 16.4 Å². The molecular weight excluding hydrogens is 466 g/mol. The molecule has 11 heteroatoms. The van der Waals surface area contributed by atoms with Gasteiger partial charge in [-0.05, 0) is 67.6 Å². The monoisotopic (exact) mass is 493 g/mol. The minimum absolute atomic E-state index is 0.201. The highest BCUT2D eigenvalue weighted by molar-refractivity contribution is 7.90. The molecule has 0 spiro atoms. The van der Waals surface area contributed by atoms with Gasteiger partial charge in [-0.15, -0.1) is 5.10 Å². The van der Waals surface area contributed by atoms with Crippen molar-refractivity contribution < 1.29 is 12.9 Å². The zero-order valence-electron chi connectivity index (χ0n) is 19.9. The van der Waals surface area contributed by atoms with E-state index in [1.54, 1.807) is 16.8 Å². The molecule has 182 valence electrons. The Kier molecular flexibility index (Phi) is 6.10. The van der Waals surface area contributed by atoms with E-state index in [1.165, 1.54) is 31.2 Å². The van der Waals surface area contributed by atoms with Crippen LogP contribution in [0.2, 0.25) is 0 Å². The van der Waals surface area contributed by atoms with Crippen LogP contribution in [0.4, 0.5) is 5.82 Å². The van der Waals surface area contributed by atoms with E-state index < -0.39 is 9.84 Å². The first-order valence-electron chi connectivity index (χ1n) is 11.5. The number of rotatable bonds is 6. The topological polar surface area (TPSA) is 120 Å². The number of aromatic nitrogens is 6. The van der Waals surface area contributed by atoms with Crippen LogP contribution in [-0.4, -0.2) is 57.7 Å². The molecule has 4 heterocycles. The smallest absolute Gasteiger partial charge is 0.297 e. The zero-order chi connectivity index (χ0) is 24.6. The molecule has 0 unspecified atom stereocenters. The van der Waals surface area contributed by atoms with E-state index in [1.807, 2.05) is 19.2 Å². The Morgan fingerprint density at radius 2 is 1.80 bits per heavy atom. The van der Waals surface area contributed by atoms with E-state index >= 15 is 0 Å². The highest BCUT2D eigenvalue weighted by atomic mass is 32.2. The molecule has 0 amide bonds. The number of hydrogen-bond donors (Lipinski definition) is 0. The van der Waals surface area contributed by atoms with Crippen molar-refractivity contribution in [1.29, 1.82) is 0 Å². The molecule has 1 saturated heterocycles. The largest absolute Gasteiger partial charge is 0.357 e. The minimum Gasteiger partial charge on any atom is -0.357 e. The summed E-state index contributed by atoms with van der Waals surface area (Å²) in [5, 5.41) is 8.58. The van der Waals surface area contributed by atoms with Gasteiger partial charge in [-0.3, -0.25) is 0 Å². The van der Waals surface area contributed by atoms with Crippen molar-refractivity contribution in [3.63, 3.8) is 0 Å². The maximum Gasteiger partial charge on any atom is 0.297 e. The second-order valence-corrected chi connectivity index (χ2v) is 11.1. The molecule has 0 saturated carbocycles. The number of pyridine rings is 1. The lowest BCUT2D eigenvalue weighted by atomic mass is 9.99. The Labute approximate surface area is 203 Å². The van der Waals surface area contributed by atoms with Crippen LogP contribution >= 0.6 is 0 Å². The van der Waals surface area contributed by atoms with Crippen LogP contribution in [0.3, 0.4) is 0 Å². The molecule has 0 bridgehead atoms. The summed E-state index contributed by atoms with van der Waals surface area (Å²) in [6.45, 7) is 6.78. The van der Waals surface area contributed by atoms with Gasteiger partial charge in [-0.25, -0.2) is 23.1 Å². The fraction of sp³-hybridized carbons (Fsp3) is 0.375. The number of anilines is 1. The van der Waals surface area contributed by atoms with E-state index in [0.29, 0.717) is 23.8 Å². The fourth-order valence-electron chi connectivity index (χ4n) is 4.09. The Morgan fingerprint density at radius 1 is 1.06 bits per heavy atom. The minimum atomic E-state index is -3.27. The number of aryl methyl sites for hydroxylation is 1. The Balaban J connectivity index is 1.33. The lowest BCUT2D eigenvalue weighted by Gasteiger charge is -2.31. The molecule has 3 aromatic heterocycles. The molecule has 1 aliphatic heterocycles. The lowest BCUT2D eigenvalue weighted by molar-refractivity contribution is 0.429. The highest BCUT2D eigenvalue weighted by Gasteiger charge is 2.19. The Morgan fingerprint density at radius 3 is 2.51 bits per heavy atom. The SMILES string of the molecule is Cc1nc(-c2nc(-c3ccc(S(C)(=O)=O)cc3)no2)nn1Cc1ccnc(N2CCC(C)CC2)c1. The van der Waals surface area contributed by atoms with E-state index in [-0.39, 0.29) is 10.8 Å². The van der Waals surface area contributed by atoms with Crippen molar-refractivity contribution in [2.45, 2.75) is 38.1 Å². The van der Waals surface area contributed by atoms with Crippen molar-refractivity contribution in [2.24, 2.45) is 5.92 Å². The summed E-state index contributed by atoms with van der Waals surface area (Å²) < 4.78 is 30.5. The summed E-state index contributed by atoms with van der Waals surface area (Å²) in [6, 6.07) is 10.4. The molecule has 1 aromatic carbocycles. The normalized spacial score (nSPS) is 15.0. The van der Waals surface area contributed by atoms with Crippen LogP contribution in [0.15, 0.2) is 52.0 Å². The molecule has 5 rings (SSSR count). The van der Waals surface area contributed by atoms with Crippen LogP contribution < -0.4 is 4.90 Å². The van der Waals surface area contributed by atoms with Crippen LogP contribution in [0.25, 0.3) is 23.1 Å². The van der Waals surface area contributed by atoms with Crippen molar-refractivity contribution in [3.8, 4) is 23.1 Å². The maximum atomic E-state index is 11.7. The number of hydrogen-bond acceptors (Lipinski definition) is 9. The fourth-order valence-corrected chi connectivity index (χ4v) is 4.72. The van der Waals surface area contributed by atoms with E-state index in [9.17, 15) is 8.42 Å². The van der Waals surface area contributed by atoms with Gasteiger partial charge in [-0.2, -0.15) is 4.98 Å². The predicted octanol–water partition coefficient (Wildman–Crippen LogP) is 3.39. The second-order valence-electron chi connectivity index (χ2n) is 9.05. The maximum absolute atomic E-state index is 11.7. The first-order valence-corrected chi connectivity index (χ1v) is 13.4. The van der Waals surface area contributed by atoms with Crippen molar-refractivity contribution in [1.82, 2.24) is 29.9 Å². The van der Waals surface area contributed by atoms with Gasteiger partial charge in [-0.1, -0.05) is 12.1 Å². The van der Waals surface area contributed by atoms with Crippen LogP contribution in [0, 0.1) is 12.8 Å². The third-order valence-corrected chi connectivity index (χ3v) is 7.39. The molecule has 0 aliphatic carbocycles. The molecule has 10 nitrogen and oxygen atoms in total. The van der Waals surface area contributed by atoms with Gasteiger partial charge in [0.05, 0.1) is 11.4 Å². The van der Waals surface area contributed by atoms with Crippen molar-refractivity contribution >= 4 is 15.7 Å². The lowest BCUT2D eigenvalue weighted by Crippen LogP contribution is -2.33. The van der Waals surface area contributed by atoms with Crippen LogP contribution in [0.1, 0.15) is 31.2 Å². The van der Waals surface area contributed by atoms with E-state index in [2.05, 4.69) is 43.1 Å². The number of benzene rings is 1. The standard InChI is InChI=1S/C24H27N7O3S/c1-16-9-12-30(13-10-16)21-14-18(8-11-25-21)15-31-17(2)26-23(28-31)24-27-22(29-34-24)19-4-6-20(7-5-19)35(3,32)33/h4-8,11,14,16H,9-10,12-13,15H2,1-3H3. The van der Waals surface area contributed by atoms with Gasteiger partial charge in [0.1, 0.15) is 11.6 Å². The molecule has 1 aliphatic rings. The molecule has 0 atom stereocenters. The first-order chi connectivity index (χ1) is 16.8. The summed E-state index contributed by atoms with van der Waals surface area (Å²) in [4.78, 5) is 16.0. The van der Waals surface area contributed by atoms with Crippen molar-refractivity contribution in [2.75, 3.05) is 24.2 Å². The third-order valence-electron chi connectivity index (χ3n) is 6.26. The second kappa shape index (κ2) is 9.21. The number of sulfone groups is 1. The quantitative estimate of drug-likeness (QED) is 0.398. The summed E-state index contributed by atoms with van der Waals surface area (Å²) in [6.07, 6.45) is 5.38. The summed E-state index contributed by atoms with van der Waals surface area (Å²) >= 11 is 0. The number of nitrogens with zero attached hydrogens (tertiary/aromatic N) is 7. The van der Waals surface area contributed by atoms with Gasteiger partial charge in [0.25, 0.3) is 5.89 Å². The molecular formula is C24H27N7O3S. The van der Waals surface area contributed by atoms with Crippen LogP contribution in [0.5, 0.6) is 0 Å². The molecule has 0 N–H and O–H groups in total. The molecule has 35 heavy (non-hydrogen) atoms. The predicted molar refractivity (Wildman–Crippen MR) is 131 cm³/mol. The summed E-state index contributed by atoms with van der Waals surface area (Å²) in [5.74, 6) is 3.37. The third kappa shape index (κ3) is 5.09. The molecule has 4 aromatic rings. The Hall–Kier alpha value is -3.60. The summed E-state index contributed by atoms with van der Waals surface area (Å²) in [7, 11) is -3.27. The average Bonchev–Trinajstić information content (AvgIpc) is 3.47.